The summed E-state index contributed by atoms with van der Waals surface area (Å²) in [4.78, 5) is 35.5. The molecule has 0 aliphatic rings. The number of amides is 2. The van der Waals surface area contributed by atoms with Crippen LogP contribution in [0.1, 0.15) is 36.2 Å². The molecule has 0 aromatic heterocycles. The molecule has 0 unspecified atom stereocenters. The van der Waals surface area contributed by atoms with Crippen LogP contribution in [0.2, 0.25) is 0 Å². The Morgan fingerprint density at radius 1 is 1.03 bits per heavy atom. The maximum atomic E-state index is 12.6. The van der Waals surface area contributed by atoms with E-state index in [2.05, 4.69) is 16.0 Å². The van der Waals surface area contributed by atoms with Crippen LogP contribution in [0.25, 0.3) is 0 Å². The Hall–Kier alpha value is -3.42. The van der Waals surface area contributed by atoms with Gasteiger partial charge in [-0.1, -0.05) is 32.0 Å². The fraction of sp³-hybridized carbons (Fsp3) is 0.364. The molecule has 0 radical (unpaired) electrons. The third-order valence-electron chi connectivity index (χ3n) is 4.55. The number of nitro benzene ring substituents is 1. The average molecular weight is 412 g/mol. The molecule has 2 aromatic carbocycles. The molecule has 0 saturated carbocycles. The standard InChI is InChI=1S/C22H28N4O4/c1-15(2)14-20(25-21(27)19-7-5-4-6-16(19)3)22(28)24-13-12-23-17-8-10-18(11-9-17)26(29)30/h4-11,15,20,23H,12-14H2,1-3H3,(H,24,28)(H,25,27)/t20-/m0/s1. The first-order valence-electron chi connectivity index (χ1n) is 9.90. The Balaban J connectivity index is 1.87. The van der Waals surface area contributed by atoms with Crippen molar-refractivity contribution >= 4 is 23.2 Å². The Bertz CT molecular complexity index is 881. The topological polar surface area (TPSA) is 113 Å². The minimum atomic E-state index is -0.628. The monoisotopic (exact) mass is 412 g/mol. The van der Waals surface area contributed by atoms with Crippen LogP contribution in [0.3, 0.4) is 0 Å². The quantitative estimate of drug-likeness (QED) is 0.315. The van der Waals surface area contributed by atoms with Gasteiger partial charge in [-0.05, 0) is 43.0 Å². The van der Waals surface area contributed by atoms with Gasteiger partial charge in [-0.2, -0.15) is 0 Å². The van der Waals surface area contributed by atoms with Gasteiger partial charge in [-0.15, -0.1) is 0 Å². The molecule has 160 valence electrons. The molecule has 0 aliphatic heterocycles. The number of non-ortho nitro benzene ring substituents is 1. The van der Waals surface area contributed by atoms with E-state index in [1.807, 2.05) is 32.9 Å². The predicted molar refractivity (Wildman–Crippen MR) is 116 cm³/mol. The summed E-state index contributed by atoms with van der Waals surface area (Å²) in [7, 11) is 0. The number of rotatable bonds is 10. The maximum absolute atomic E-state index is 12.6. The number of carbonyl (C=O) groups excluding carboxylic acids is 2. The van der Waals surface area contributed by atoms with E-state index in [0.717, 1.165) is 11.3 Å². The van der Waals surface area contributed by atoms with Gasteiger partial charge in [0.25, 0.3) is 11.6 Å². The first-order chi connectivity index (χ1) is 14.3. The molecule has 0 fully saturated rings. The van der Waals surface area contributed by atoms with Gasteiger partial charge in [0.2, 0.25) is 5.91 Å². The molecule has 2 amide bonds. The first kappa shape index (κ1) is 22.9. The summed E-state index contributed by atoms with van der Waals surface area (Å²) in [6.07, 6.45) is 0.527. The Morgan fingerprint density at radius 2 is 1.70 bits per heavy atom. The van der Waals surface area contributed by atoms with Gasteiger partial charge in [0, 0.05) is 36.5 Å². The molecule has 2 aromatic rings. The number of benzene rings is 2. The van der Waals surface area contributed by atoms with E-state index in [4.69, 9.17) is 0 Å². The summed E-state index contributed by atoms with van der Waals surface area (Å²) in [5.41, 5.74) is 2.15. The van der Waals surface area contributed by atoms with Gasteiger partial charge >= 0.3 is 0 Å². The largest absolute Gasteiger partial charge is 0.383 e. The molecule has 0 heterocycles. The zero-order chi connectivity index (χ0) is 22.1. The van der Waals surface area contributed by atoms with Gasteiger partial charge in [0.1, 0.15) is 6.04 Å². The van der Waals surface area contributed by atoms with Crippen molar-refractivity contribution in [2.24, 2.45) is 5.92 Å². The predicted octanol–water partition coefficient (Wildman–Crippen LogP) is 3.28. The van der Waals surface area contributed by atoms with Crippen LogP contribution in [0.4, 0.5) is 11.4 Å². The molecule has 0 bridgehead atoms. The summed E-state index contributed by atoms with van der Waals surface area (Å²) in [6.45, 7) is 6.65. The van der Waals surface area contributed by atoms with Gasteiger partial charge in [-0.25, -0.2) is 0 Å². The van der Waals surface area contributed by atoms with E-state index in [1.54, 1.807) is 24.3 Å². The molecule has 0 saturated heterocycles. The third kappa shape index (κ3) is 6.88. The SMILES string of the molecule is Cc1ccccc1C(=O)N[C@@H](CC(C)C)C(=O)NCCNc1ccc([N+](=O)[O-])cc1. The number of hydrogen-bond donors (Lipinski definition) is 3. The smallest absolute Gasteiger partial charge is 0.269 e. The zero-order valence-corrected chi connectivity index (χ0v) is 17.5. The van der Waals surface area contributed by atoms with Crippen LogP contribution >= 0.6 is 0 Å². The lowest BCUT2D eigenvalue weighted by Crippen LogP contribution is -2.48. The highest BCUT2D eigenvalue weighted by Crippen LogP contribution is 2.15. The lowest BCUT2D eigenvalue weighted by Gasteiger charge is -2.21. The summed E-state index contributed by atoms with van der Waals surface area (Å²) >= 11 is 0. The van der Waals surface area contributed by atoms with Crippen LogP contribution in [0.5, 0.6) is 0 Å². The molecule has 3 N–H and O–H groups in total. The van der Waals surface area contributed by atoms with E-state index in [9.17, 15) is 19.7 Å². The van der Waals surface area contributed by atoms with Crippen LogP contribution in [0, 0.1) is 23.0 Å². The molecule has 0 spiro atoms. The van der Waals surface area contributed by atoms with Crippen LogP contribution in [0.15, 0.2) is 48.5 Å². The molecule has 0 aliphatic carbocycles. The highest BCUT2D eigenvalue weighted by molar-refractivity contribution is 5.98. The van der Waals surface area contributed by atoms with Crippen molar-refractivity contribution in [1.29, 1.82) is 0 Å². The Morgan fingerprint density at radius 3 is 2.30 bits per heavy atom. The highest BCUT2D eigenvalue weighted by atomic mass is 16.6. The van der Waals surface area contributed by atoms with Gasteiger partial charge in [0.15, 0.2) is 0 Å². The number of nitrogens with zero attached hydrogens (tertiary/aromatic N) is 1. The number of aryl methyl sites for hydroxylation is 1. The number of hydrogen-bond acceptors (Lipinski definition) is 5. The van der Waals surface area contributed by atoms with Gasteiger partial charge in [-0.3, -0.25) is 19.7 Å². The fourth-order valence-electron chi connectivity index (χ4n) is 2.98. The number of anilines is 1. The van der Waals surface area contributed by atoms with E-state index < -0.39 is 11.0 Å². The van der Waals surface area contributed by atoms with E-state index in [-0.39, 0.29) is 23.4 Å². The number of carbonyl (C=O) groups is 2. The van der Waals surface area contributed by atoms with Crippen LogP contribution in [-0.2, 0) is 4.79 Å². The van der Waals surface area contributed by atoms with Crippen molar-refractivity contribution < 1.29 is 14.5 Å². The summed E-state index contributed by atoms with van der Waals surface area (Å²) in [5, 5.41) is 19.5. The second kappa shape index (κ2) is 10.9. The van der Waals surface area contributed by atoms with Gasteiger partial charge in [0.05, 0.1) is 4.92 Å². The maximum Gasteiger partial charge on any atom is 0.269 e. The minimum absolute atomic E-state index is 0.0229. The minimum Gasteiger partial charge on any atom is -0.383 e. The lowest BCUT2D eigenvalue weighted by atomic mass is 10.0. The van der Waals surface area contributed by atoms with Gasteiger partial charge < -0.3 is 16.0 Å². The van der Waals surface area contributed by atoms with E-state index >= 15 is 0 Å². The number of nitrogens with one attached hydrogen (secondary N) is 3. The van der Waals surface area contributed by atoms with Crippen molar-refractivity contribution in [1.82, 2.24) is 10.6 Å². The second-order valence-electron chi connectivity index (χ2n) is 7.49. The van der Waals surface area contributed by atoms with Crippen molar-refractivity contribution in [3.8, 4) is 0 Å². The normalized spacial score (nSPS) is 11.6. The number of nitro groups is 1. The molecule has 8 heteroatoms. The average Bonchev–Trinajstić information content (AvgIpc) is 2.70. The molecule has 1 atom stereocenters. The van der Waals surface area contributed by atoms with Crippen molar-refractivity contribution in [2.75, 3.05) is 18.4 Å². The molecular formula is C22H28N4O4. The van der Waals surface area contributed by atoms with Crippen molar-refractivity contribution in [2.45, 2.75) is 33.2 Å². The van der Waals surface area contributed by atoms with Crippen molar-refractivity contribution in [3.63, 3.8) is 0 Å². The third-order valence-corrected chi connectivity index (χ3v) is 4.55. The highest BCUT2D eigenvalue weighted by Gasteiger charge is 2.22. The van der Waals surface area contributed by atoms with Crippen molar-refractivity contribution in [3.05, 3.63) is 69.8 Å². The van der Waals surface area contributed by atoms with Crippen LogP contribution in [-0.4, -0.2) is 35.9 Å². The Labute approximate surface area is 176 Å². The Kier molecular flexibility index (Phi) is 8.34. The molecular weight excluding hydrogens is 384 g/mol. The first-order valence-corrected chi connectivity index (χ1v) is 9.90. The van der Waals surface area contributed by atoms with Crippen LogP contribution < -0.4 is 16.0 Å². The summed E-state index contributed by atoms with van der Waals surface area (Å²) in [5.74, 6) is -0.273. The van der Waals surface area contributed by atoms with E-state index in [1.165, 1.54) is 12.1 Å². The molecule has 2 rings (SSSR count). The summed E-state index contributed by atoms with van der Waals surface area (Å²) in [6, 6.07) is 12.7. The second-order valence-corrected chi connectivity index (χ2v) is 7.49. The zero-order valence-electron chi connectivity index (χ0n) is 17.5. The lowest BCUT2D eigenvalue weighted by molar-refractivity contribution is -0.384. The molecule has 8 nitrogen and oxygen atoms in total. The van der Waals surface area contributed by atoms with E-state index in [0.29, 0.717) is 25.1 Å². The fourth-order valence-corrected chi connectivity index (χ4v) is 2.98. The molecule has 30 heavy (non-hydrogen) atoms. The summed E-state index contributed by atoms with van der Waals surface area (Å²) < 4.78 is 0.